The molecular weight excluding hydrogens is 342 g/mol. The van der Waals surface area contributed by atoms with E-state index in [-0.39, 0.29) is 30.1 Å². The lowest BCUT2D eigenvalue weighted by Crippen LogP contribution is -2.52. The molecule has 2 aliphatic rings. The largest absolute Gasteiger partial charge is 0.497 e. The lowest BCUT2D eigenvalue weighted by molar-refractivity contribution is -0.137. The number of rotatable bonds is 3. The average Bonchev–Trinajstić information content (AvgIpc) is 2.67. The number of benzene rings is 1. The van der Waals surface area contributed by atoms with Crippen molar-refractivity contribution in [1.82, 2.24) is 15.1 Å². The van der Waals surface area contributed by atoms with Crippen molar-refractivity contribution in [3.05, 3.63) is 29.8 Å². The van der Waals surface area contributed by atoms with Crippen LogP contribution in [0.2, 0.25) is 0 Å². The standard InChI is InChI=1S/C18H25N3O3.ClH/c1-24-16-4-2-3-15(13-16)18(23)21-11-9-20(10-12-21)17(22)14-5-7-19-8-6-14;/h2-4,13-14,19H,5-12H2,1H3;1H. The Morgan fingerprint density at radius 2 is 1.72 bits per heavy atom. The van der Waals surface area contributed by atoms with Crippen molar-refractivity contribution in [2.45, 2.75) is 12.8 Å². The Hall–Kier alpha value is -1.79. The van der Waals surface area contributed by atoms with E-state index >= 15 is 0 Å². The van der Waals surface area contributed by atoms with Crippen molar-refractivity contribution in [3.8, 4) is 5.75 Å². The summed E-state index contributed by atoms with van der Waals surface area (Å²) in [6.07, 6.45) is 1.84. The number of hydrogen-bond donors (Lipinski definition) is 1. The zero-order valence-corrected chi connectivity index (χ0v) is 15.4. The predicted octanol–water partition coefficient (Wildman–Crippen LogP) is 1.40. The van der Waals surface area contributed by atoms with E-state index in [9.17, 15) is 9.59 Å². The van der Waals surface area contributed by atoms with Gasteiger partial charge in [0.25, 0.3) is 5.91 Å². The first kappa shape index (κ1) is 19.5. The van der Waals surface area contributed by atoms with Gasteiger partial charge in [-0.1, -0.05) is 6.07 Å². The number of ether oxygens (including phenoxy) is 1. The number of amides is 2. The third kappa shape index (κ3) is 4.64. The number of piperazine rings is 1. The van der Waals surface area contributed by atoms with Gasteiger partial charge in [-0.25, -0.2) is 0 Å². The summed E-state index contributed by atoms with van der Waals surface area (Å²) in [5, 5.41) is 3.29. The van der Waals surface area contributed by atoms with Crippen LogP contribution in [0.5, 0.6) is 5.75 Å². The smallest absolute Gasteiger partial charge is 0.254 e. The quantitative estimate of drug-likeness (QED) is 0.877. The maximum absolute atomic E-state index is 12.6. The number of nitrogens with one attached hydrogen (secondary N) is 1. The second-order valence-electron chi connectivity index (χ2n) is 6.37. The molecule has 0 aromatic heterocycles. The lowest BCUT2D eigenvalue weighted by atomic mass is 9.96. The minimum atomic E-state index is 0. The van der Waals surface area contributed by atoms with Crippen LogP contribution in [0.1, 0.15) is 23.2 Å². The highest BCUT2D eigenvalue weighted by atomic mass is 35.5. The Labute approximate surface area is 154 Å². The molecule has 0 radical (unpaired) electrons. The predicted molar refractivity (Wildman–Crippen MR) is 98.3 cm³/mol. The summed E-state index contributed by atoms with van der Waals surface area (Å²) in [5.74, 6) is 1.08. The van der Waals surface area contributed by atoms with Crippen LogP contribution in [0.4, 0.5) is 0 Å². The Balaban J connectivity index is 0.00000225. The summed E-state index contributed by atoms with van der Waals surface area (Å²) in [6.45, 7) is 4.27. The molecule has 2 amide bonds. The fourth-order valence-electron chi connectivity index (χ4n) is 3.40. The van der Waals surface area contributed by atoms with E-state index in [0.29, 0.717) is 37.5 Å². The van der Waals surface area contributed by atoms with E-state index in [2.05, 4.69) is 5.32 Å². The monoisotopic (exact) mass is 367 g/mol. The number of nitrogens with zero attached hydrogens (tertiary/aromatic N) is 2. The fourth-order valence-corrected chi connectivity index (χ4v) is 3.40. The number of methoxy groups -OCH3 is 1. The first-order valence-corrected chi connectivity index (χ1v) is 8.62. The van der Waals surface area contributed by atoms with Crippen LogP contribution in [0, 0.1) is 5.92 Å². The van der Waals surface area contributed by atoms with Gasteiger partial charge in [-0.3, -0.25) is 9.59 Å². The van der Waals surface area contributed by atoms with Crippen LogP contribution in [0.3, 0.4) is 0 Å². The molecule has 0 spiro atoms. The van der Waals surface area contributed by atoms with Gasteiger partial charge in [-0.15, -0.1) is 12.4 Å². The van der Waals surface area contributed by atoms with Gasteiger partial charge in [-0.05, 0) is 44.1 Å². The van der Waals surface area contributed by atoms with Crippen molar-refractivity contribution in [3.63, 3.8) is 0 Å². The SMILES string of the molecule is COc1cccc(C(=O)N2CCN(C(=O)C3CCNCC3)CC2)c1.Cl. The molecule has 2 fully saturated rings. The van der Waals surface area contributed by atoms with Gasteiger partial charge in [0.15, 0.2) is 0 Å². The highest BCUT2D eigenvalue weighted by Gasteiger charge is 2.29. The molecule has 6 nitrogen and oxygen atoms in total. The molecule has 2 saturated heterocycles. The van der Waals surface area contributed by atoms with Crippen LogP contribution in [-0.4, -0.2) is 68.0 Å². The number of carbonyl (C=O) groups is 2. The van der Waals surface area contributed by atoms with Crippen LogP contribution >= 0.6 is 12.4 Å². The maximum Gasteiger partial charge on any atom is 0.254 e. The van der Waals surface area contributed by atoms with Crippen LogP contribution in [0.25, 0.3) is 0 Å². The third-order valence-corrected chi connectivity index (χ3v) is 4.88. The molecule has 0 saturated carbocycles. The van der Waals surface area contributed by atoms with Crippen LogP contribution in [0.15, 0.2) is 24.3 Å². The van der Waals surface area contributed by atoms with E-state index < -0.39 is 0 Å². The van der Waals surface area contributed by atoms with Gasteiger partial charge < -0.3 is 19.9 Å². The molecule has 0 atom stereocenters. The zero-order valence-electron chi connectivity index (χ0n) is 14.6. The van der Waals surface area contributed by atoms with Crippen LogP contribution < -0.4 is 10.1 Å². The van der Waals surface area contributed by atoms with Crippen molar-refractivity contribution in [1.29, 1.82) is 0 Å². The second-order valence-corrected chi connectivity index (χ2v) is 6.37. The van der Waals surface area contributed by atoms with Crippen molar-refractivity contribution < 1.29 is 14.3 Å². The molecule has 2 aliphatic heterocycles. The summed E-state index contributed by atoms with van der Waals surface area (Å²) < 4.78 is 5.18. The summed E-state index contributed by atoms with van der Waals surface area (Å²) in [7, 11) is 1.59. The van der Waals surface area contributed by atoms with E-state index in [1.165, 1.54) is 0 Å². The maximum atomic E-state index is 12.6. The summed E-state index contributed by atoms with van der Waals surface area (Å²) in [4.78, 5) is 28.9. The molecule has 0 aliphatic carbocycles. The van der Waals surface area contributed by atoms with Gasteiger partial charge in [0, 0.05) is 37.7 Å². The fraction of sp³-hybridized carbons (Fsp3) is 0.556. The Morgan fingerprint density at radius 3 is 2.36 bits per heavy atom. The van der Waals surface area contributed by atoms with E-state index in [1.54, 1.807) is 19.2 Å². The van der Waals surface area contributed by atoms with Gasteiger partial charge in [-0.2, -0.15) is 0 Å². The molecule has 7 heteroatoms. The second kappa shape index (κ2) is 9.06. The molecule has 0 bridgehead atoms. The van der Waals surface area contributed by atoms with E-state index in [4.69, 9.17) is 4.74 Å². The molecule has 138 valence electrons. The summed E-state index contributed by atoms with van der Waals surface area (Å²) in [5.41, 5.74) is 0.632. The summed E-state index contributed by atoms with van der Waals surface area (Å²) >= 11 is 0. The van der Waals surface area contributed by atoms with E-state index in [0.717, 1.165) is 25.9 Å². The molecule has 0 unspecified atom stereocenters. The zero-order chi connectivity index (χ0) is 16.9. The van der Waals surface area contributed by atoms with Crippen molar-refractivity contribution in [2.24, 2.45) is 5.92 Å². The van der Waals surface area contributed by atoms with Gasteiger partial charge in [0.1, 0.15) is 5.75 Å². The van der Waals surface area contributed by atoms with Crippen molar-refractivity contribution >= 4 is 24.2 Å². The number of halogens is 1. The lowest BCUT2D eigenvalue weighted by Gasteiger charge is -2.37. The highest BCUT2D eigenvalue weighted by molar-refractivity contribution is 5.94. The van der Waals surface area contributed by atoms with Gasteiger partial charge in [0.05, 0.1) is 7.11 Å². The normalized spacial score (nSPS) is 18.4. The molecule has 1 aromatic carbocycles. The Bertz CT molecular complexity index is 597. The Kier molecular flexibility index (Phi) is 7.08. The summed E-state index contributed by atoms with van der Waals surface area (Å²) in [6, 6.07) is 7.21. The molecular formula is C18H26ClN3O3. The first-order chi connectivity index (χ1) is 11.7. The highest BCUT2D eigenvalue weighted by Crippen LogP contribution is 2.18. The molecule has 2 heterocycles. The minimum Gasteiger partial charge on any atom is -0.497 e. The Morgan fingerprint density at radius 1 is 1.08 bits per heavy atom. The molecule has 25 heavy (non-hydrogen) atoms. The number of hydrogen-bond acceptors (Lipinski definition) is 4. The minimum absolute atomic E-state index is 0. The average molecular weight is 368 g/mol. The third-order valence-electron chi connectivity index (χ3n) is 4.88. The van der Waals surface area contributed by atoms with E-state index in [1.807, 2.05) is 21.9 Å². The number of piperidine rings is 1. The number of carbonyl (C=O) groups excluding carboxylic acids is 2. The topological polar surface area (TPSA) is 61.9 Å². The molecule has 1 N–H and O–H groups in total. The molecule has 3 rings (SSSR count). The van der Waals surface area contributed by atoms with Gasteiger partial charge in [0.2, 0.25) is 5.91 Å². The van der Waals surface area contributed by atoms with Crippen molar-refractivity contribution in [2.75, 3.05) is 46.4 Å². The van der Waals surface area contributed by atoms with Gasteiger partial charge >= 0.3 is 0 Å². The molecule has 1 aromatic rings. The van der Waals surface area contributed by atoms with Crippen LogP contribution in [-0.2, 0) is 4.79 Å². The first-order valence-electron chi connectivity index (χ1n) is 8.62.